The van der Waals surface area contributed by atoms with Gasteiger partial charge in [0.2, 0.25) is 0 Å². The van der Waals surface area contributed by atoms with E-state index in [0.29, 0.717) is 13.1 Å². The Kier molecular flexibility index (Phi) is 4.56. The minimum atomic E-state index is -1.22. The van der Waals surface area contributed by atoms with Crippen LogP contribution in [0.3, 0.4) is 0 Å². The Morgan fingerprint density at radius 1 is 1.33 bits per heavy atom. The van der Waals surface area contributed by atoms with Crippen LogP contribution in [0.25, 0.3) is 0 Å². The molecule has 1 heterocycles. The Bertz CT molecular complexity index is 322. The number of carbonyl (C=O) groups is 2. The van der Waals surface area contributed by atoms with Gasteiger partial charge in [0.1, 0.15) is 5.54 Å². The molecule has 1 aliphatic rings. The van der Waals surface area contributed by atoms with E-state index >= 15 is 0 Å². The molecular weight excluding hydrogens is 236 g/mol. The quantitative estimate of drug-likeness (QED) is 0.777. The van der Waals surface area contributed by atoms with Gasteiger partial charge in [-0.15, -0.1) is 0 Å². The summed E-state index contributed by atoms with van der Waals surface area (Å²) in [6, 6.07) is -0.265. The van der Waals surface area contributed by atoms with Crippen LogP contribution in [0.1, 0.15) is 26.7 Å². The van der Waals surface area contributed by atoms with E-state index in [1.54, 1.807) is 4.90 Å². The highest BCUT2D eigenvalue weighted by Crippen LogP contribution is 2.20. The van der Waals surface area contributed by atoms with Crippen LogP contribution >= 0.6 is 0 Å². The molecule has 2 N–H and O–H groups in total. The minimum absolute atomic E-state index is 0.151. The zero-order valence-corrected chi connectivity index (χ0v) is 11.2. The van der Waals surface area contributed by atoms with Crippen molar-refractivity contribution in [3.63, 3.8) is 0 Å². The molecule has 0 spiro atoms. The first kappa shape index (κ1) is 14.8. The maximum absolute atomic E-state index is 12.2. The summed E-state index contributed by atoms with van der Waals surface area (Å²) in [6.45, 7) is 4.31. The second-order valence-corrected chi connectivity index (χ2v) is 5.32. The summed E-state index contributed by atoms with van der Waals surface area (Å²) >= 11 is 0. The fourth-order valence-corrected chi connectivity index (χ4v) is 1.90. The first-order valence-corrected chi connectivity index (χ1v) is 6.17. The van der Waals surface area contributed by atoms with Crippen LogP contribution in [0.15, 0.2) is 0 Å². The maximum Gasteiger partial charge on any atom is 0.329 e. The highest BCUT2D eigenvalue weighted by Gasteiger charge is 2.37. The molecule has 6 nitrogen and oxygen atoms in total. The lowest BCUT2D eigenvalue weighted by molar-refractivity contribution is -0.147. The summed E-state index contributed by atoms with van der Waals surface area (Å²) in [4.78, 5) is 26.2. The van der Waals surface area contributed by atoms with Crippen LogP contribution in [0.5, 0.6) is 0 Å². The highest BCUT2D eigenvalue weighted by atomic mass is 16.4. The van der Waals surface area contributed by atoms with Gasteiger partial charge in [0.15, 0.2) is 0 Å². The number of carboxylic acids is 1. The molecule has 0 aromatic heterocycles. The molecule has 0 aliphatic carbocycles. The first-order chi connectivity index (χ1) is 8.30. The smallest absolute Gasteiger partial charge is 0.329 e. The lowest BCUT2D eigenvalue weighted by Gasteiger charge is -2.38. The molecule has 104 valence electrons. The van der Waals surface area contributed by atoms with Crippen molar-refractivity contribution >= 4 is 12.0 Å². The van der Waals surface area contributed by atoms with Crippen LogP contribution in [-0.4, -0.2) is 64.3 Å². The predicted octanol–water partition coefficient (Wildman–Crippen LogP) is 0.606. The van der Waals surface area contributed by atoms with E-state index in [4.69, 9.17) is 10.2 Å². The number of hydrogen-bond acceptors (Lipinski definition) is 3. The lowest BCUT2D eigenvalue weighted by atomic mass is 9.98. The summed E-state index contributed by atoms with van der Waals surface area (Å²) in [5.74, 6) is -0.768. The largest absolute Gasteiger partial charge is 0.480 e. The van der Waals surface area contributed by atoms with E-state index in [9.17, 15) is 9.59 Å². The SMILES string of the molecule is CN(C(=O)N1CCC(CO)CC1)C(C)(C)C(=O)O. The second-order valence-electron chi connectivity index (χ2n) is 5.32. The molecule has 1 fully saturated rings. The highest BCUT2D eigenvalue weighted by molar-refractivity contribution is 5.85. The monoisotopic (exact) mass is 258 g/mol. The first-order valence-electron chi connectivity index (χ1n) is 6.17. The van der Waals surface area contributed by atoms with Gasteiger partial charge >= 0.3 is 12.0 Å². The second kappa shape index (κ2) is 5.56. The summed E-state index contributed by atoms with van der Waals surface area (Å²) in [5, 5.41) is 18.1. The number of piperidine rings is 1. The van der Waals surface area contributed by atoms with E-state index in [0.717, 1.165) is 12.8 Å². The molecule has 0 unspecified atom stereocenters. The number of likely N-dealkylation sites (tertiary alicyclic amines) is 1. The average molecular weight is 258 g/mol. The number of nitrogens with zero attached hydrogens (tertiary/aromatic N) is 2. The van der Waals surface area contributed by atoms with Gasteiger partial charge in [-0.1, -0.05) is 0 Å². The Labute approximate surface area is 107 Å². The number of hydrogen-bond donors (Lipinski definition) is 2. The molecule has 1 aliphatic heterocycles. The van der Waals surface area contributed by atoms with Gasteiger partial charge in [-0.25, -0.2) is 9.59 Å². The molecule has 6 heteroatoms. The predicted molar refractivity (Wildman–Crippen MR) is 66.3 cm³/mol. The van der Waals surface area contributed by atoms with Crippen molar-refractivity contribution in [2.45, 2.75) is 32.2 Å². The lowest BCUT2D eigenvalue weighted by Crippen LogP contribution is -2.56. The van der Waals surface area contributed by atoms with Gasteiger partial charge in [-0.2, -0.15) is 0 Å². The van der Waals surface area contributed by atoms with Crippen molar-refractivity contribution in [2.75, 3.05) is 26.7 Å². The van der Waals surface area contributed by atoms with Crippen molar-refractivity contribution in [3.05, 3.63) is 0 Å². The third-order valence-corrected chi connectivity index (χ3v) is 3.79. The number of likely N-dealkylation sites (N-methyl/N-ethyl adjacent to an activating group) is 1. The molecule has 0 aromatic carbocycles. The summed E-state index contributed by atoms with van der Waals surface area (Å²) in [6.07, 6.45) is 1.53. The Balaban J connectivity index is 2.63. The number of aliphatic hydroxyl groups excluding tert-OH is 1. The van der Waals surface area contributed by atoms with Crippen molar-refractivity contribution < 1.29 is 19.8 Å². The Morgan fingerprint density at radius 3 is 2.22 bits per heavy atom. The van der Waals surface area contributed by atoms with Crippen molar-refractivity contribution in [2.24, 2.45) is 5.92 Å². The number of amides is 2. The van der Waals surface area contributed by atoms with Crippen LogP contribution < -0.4 is 0 Å². The fourth-order valence-electron chi connectivity index (χ4n) is 1.90. The summed E-state index contributed by atoms with van der Waals surface area (Å²) in [7, 11) is 1.51. The number of carbonyl (C=O) groups excluding carboxylic acids is 1. The molecule has 2 amide bonds. The molecule has 18 heavy (non-hydrogen) atoms. The normalized spacial score (nSPS) is 17.7. The third kappa shape index (κ3) is 2.93. The van der Waals surface area contributed by atoms with Gasteiger partial charge in [0.25, 0.3) is 0 Å². The van der Waals surface area contributed by atoms with Crippen molar-refractivity contribution in [1.29, 1.82) is 0 Å². The maximum atomic E-state index is 12.2. The standard InChI is InChI=1S/C12H22N2O4/c1-12(2,10(16)17)13(3)11(18)14-6-4-9(8-15)5-7-14/h9,15H,4-8H2,1-3H3,(H,16,17). The van der Waals surface area contributed by atoms with Gasteiger partial charge < -0.3 is 20.0 Å². The van der Waals surface area contributed by atoms with Crippen LogP contribution in [0.4, 0.5) is 4.79 Å². The van der Waals surface area contributed by atoms with Gasteiger partial charge in [0, 0.05) is 26.7 Å². The molecular formula is C12H22N2O4. The zero-order chi connectivity index (χ0) is 13.9. The van der Waals surface area contributed by atoms with E-state index < -0.39 is 11.5 Å². The zero-order valence-electron chi connectivity index (χ0n) is 11.2. The number of aliphatic carboxylic acids is 1. The van der Waals surface area contributed by atoms with Crippen molar-refractivity contribution in [1.82, 2.24) is 9.80 Å². The van der Waals surface area contributed by atoms with Gasteiger partial charge in [-0.3, -0.25) is 0 Å². The molecule has 1 saturated heterocycles. The third-order valence-electron chi connectivity index (χ3n) is 3.79. The Morgan fingerprint density at radius 2 is 1.83 bits per heavy atom. The molecule has 0 radical (unpaired) electrons. The van der Waals surface area contributed by atoms with Crippen LogP contribution in [0, 0.1) is 5.92 Å². The number of urea groups is 1. The van der Waals surface area contributed by atoms with Crippen LogP contribution in [0.2, 0.25) is 0 Å². The summed E-state index contributed by atoms with van der Waals surface area (Å²) < 4.78 is 0. The molecule has 0 bridgehead atoms. The van der Waals surface area contributed by atoms with Crippen molar-refractivity contribution in [3.8, 4) is 0 Å². The minimum Gasteiger partial charge on any atom is -0.480 e. The Hall–Kier alpha value is -1.30. The van der Waals surface area contributed by atoms with Crippen LogP contribution in [-0.2, 0) is 4.79 Å². The number of carboxylic acid groups (broad SMARTS) is 1. The van der Waals surface area contributed by atoms with E-state index in [-0.39, 0.29) is 18.6 Å². The molecule has 1 rings (SSSR count). The van der Waals surface area contributed by atoms with E-state index in [2.05, 4.69) is 0 Å². The van der Waals surface area contributed by atoms with E-state index in [1.165, 1.54) is 25.8 Å². The topological polar surface area (TPSA) is 81.1 Å². The average Bonchev–Trinajstić information content (AvgIpc) is 2.36. The van der Waals surface area contributed by atoms with E-state index in [1.807, 2.05) is 0 Å². The molecule has 0 saturated carbocycles. The number of aliphatic hydroxyl groups is 1. The molecule has 0 aromatic rings. The fraction of sp³-hybridized carbons (Fsp3) is 0.833. The number of rotatable bonds is 3. The molecule has 0 atom stereocenters. The van der Waals surface area contributed by atoms with Gasteiger partial charge in [0.05, 0.1) is 0 Å². The van der Waals surface area contributed by atoms with Gasteiger partial charge in [-0.05, 0) is 32.6 Å². The summed E-state index contributed by atoms with van der Waals surface area (Å²) in [5.41, 5.74) is -1.22.